The lowest BCUT2D eigenvalue weighted by Crippen LogP contribution is -2.33. The van der Waals surface area contributed by atoms with E-state index >= 15 is 0 Å². The van der Waals surface area contributed by atoms with Crippen LogP contribution in [0.3, 0.4) is 0 Å². The number of fused-ring (bicyclic) bond motifs is 1. The normalized spacial score (nSPS) is 11.4. The molecule has 2 aromatic carbocycles. The molecule has 2 heterocycles. The van der Waals surface area contributed by atoms with Crippen molar-refractivity contribution in [2.45, 2.75) is 4.90 Å². The molecule has 4 rings (SSSR count). The van der Waals surface area contributed by atoms with Gasteiger partial charge in [0.2, 0.25) is 11.3 Å². The highest BCUT2D eigenvalue weighted by Crippen LogP contribution is 2.20. The Kier molecular flexibility index (Phi) is 4.06. The van der Waals surface area contributed by atoms with Gasteiger partial charge in [0, 0.05) is 0 Å². The van der Waals surface area contributed by atoms with Crippen LogP contribution >= 0.6 is 0 Å². The Hall–Kier alpha value is -3.32. The van der Waals surface area contributed by atoms with Crippen molar-refractivity contribution in [3.05, 3.63) is 85.2 Å². The Morgan fingerprint density at radius 3 is 2.00 bits per heavy atom. The number of rotatable bonds is 4. The van der Waals surface area contributed by atoms with Crippen molar-refractivity contribution in [3.8, 4) is 5.82 Å². The molecule has 1 N–H and O–H groups in total. The van der Waals surface area contributed by atoms with Crippen molar-refractivity contribution in [3.63, 3.8) is 0 Å². The molecule has 0 aliphatic carbocycles. The van der Waals surface area contributed by atoms with Crippen LogP contribution in [0.15, 0.2) is 90.1 Å². The highest BCUT2D eigenvalue weighted by Gasteiger charge is 2.24. The van der Waals surface area contributed by atoms with Gasteiger partial charge in [0.25, 0.3) is 10.0 Å². The van der Waals surface area contributed by atoms with Crippen molar-refractivity contribution < 1.29 is 13.0 Å². The average Bonchev–Trinajstić information content (AvgIpc) is 2.68. The zero-order valence-corrected chi connectivity index (χ0v) is 14.5. The van der Waals surface area contributed by atoms with Crippen LogP contribution in [0.5, 0.6) is 0 Å². The number of anilines is 1. The van der Waals surface area contributed by atoms with E-state index in [2.05, 4.69) is 14.7 Å². The monoisotopic (exact) mass is 363 g/mol. The summed E-state index contributed by atoms with van der Waals surface area (Å²) in [5.74, 6) is 0.576. The first-order valence-electron chi connectivity index (χ1n) is 7.95. The van der Waals surface area contributed by atoms with Gasteiger partial charge in [-0.15, -0.1) is 0 Å². The molecule has 0 radical (unpaired) electrons. The van der Waals surface area contributed by atoms with Crippen LogP contribution in [0.4, 0.5) is 5.82 Å². The molecule has 0 amide bonds. The SMILES string of the molecule is O=S(=O)(Nc1nc2ccccc2nc1-[n+]1ccccc1)c1ccccc1. The van der Waals surface area contributed by atoms with Gasteiger partial charge in [0.1, 0.15) is 5.52 Å². The number of aromatic nitrogens is 3. The van der Waals surface area contributed by atoms with Crippen molar-refractivity contribution in [1.82, 2.24) is 9.97 Å². The van der Waals surface area contributed by atoms with E-state index in [1.54, 1.807) is 41.2 Å². The highest BCUT2D eigenvalue weighted by molar-refractivity contribution is 7.92. The fourth-order valence-corrected chi connectivity index (χ4v) is 3.59. The van der Waals surface area contributed by atoms with Crippen molar-refractivity contribution >= 4 is 26.9 Å². The topological polar surface area (TPSA) is 75.8 Å². The van der Waals surface area contributed by atoms with Crippen molar-refractivity contribution in [2.75, 3.05) is 4.72 Å². The number of para-hydroxylation sites is 2. The smallest absolute Gasteiger partial charge is 0.256 e. The van der Waals surface area contributed by atoms with E-state index in [1.807, 2.05) is 36.4 Å². The highest BCUT2D eigenvalue weighted by atomic mass is 32.2. The van der Waals surface area contributed by atoms with E-state index in [-0.39, 0.29) is 10.7 Å². The number of sulfonamides is 1. The second-order valence-corrected chi connectivity index (χ2v) is 7.27. The quantitative estimate of drug-likeness (QED) is 0.566. The molecule has 0 aliphatic rings. The summed E-state index contributed by atoms with van der Waals surface area (Å²) in [6, 6.07) is 21.1. The van der Waals surface area contributed by atoms with Gasteiger partial charge in [-0.25, -0.2) is 18.0 Å². The first-order valence-corrected chi connectivity index (χ1v) is 9.43. The molecule has 0 atom stereocenters. The van der Waals surface area contributed by atoms with E-state index in [1.165, 1.54) is 12.1 Å². The molecule has 7 heteroatoms. The minimum Gasteiger partial charge on any atom is -0.256 e. The molecule has 0 bridgehead atoms. The number of hydrogen-bond donors (Lipinski definition) is 1. The van der Waals surface area contributed by atoms with E-state index in [9.17, 15) is 8.42 Å². The molecule has 128 valence electrons. The van der Waals surface area contributed by atoms with E-state index in [4.69, 9.17) is 0 Å². The molecule has 0 aliphatic heterocycles. The first kappa shape index (κ1) is 16.2. The number of hydrogen-bond acceptors (Lipinski definition) is 4. The van der Waals surface area contributed by atoms with Gasteiger partial charge >= 0.3 is 5.82 Å². The maximum Gasteiger partial charge on any atom is 0.372 e. The standard InChI is InChI=1S/C19H15N4O2S/c24-26(25,15-9-3-1-4-10-15)22-18-19(23-13-7-2-8-14-23)21-17-12-6-5-11-16(17)20-18/h1-14H,(H,20,22)/q+1. The molecule has 4 aromatic rings. The van der Waals surface area contributed by atoms with Crippen LogP contribution in [0.1, 0.15) is 0 Å². The molecule has 0 saturated heterocycles. The third kappa shape index (κ3) is 3.12. The van der Waals surface area contributed by atoms with E-state index in [0.717, 1.165) is 0 Å². The van der Waals surface area contributed by atoms with Crippen LogP contribution in [-0.4, -0.2) is 18.4 Å². The minimum atomic E-state index is -3.78. The molecule has 0 spiro atoms. The molecule has 0 fully saturated rings. The lowest BCUT2D eigenvalue weighted by Gasteiger charge is -2.08. The third-order valence-corrected chi connectivity index (χ3v) is 5.15. The Morgan fingerprint density at radius 2 is 1.31 bits per heavy atom. The second-order valence-electron chi connectivity index (χ2n) is 5.59. The number of pyridine rings is 1. The molecular weight excluding hydrogens is 348 g/mol. The summed E-state index contributed by atoms with van der Waals surface area (Å²) in [6.07, 6.45) is 3.58. The Morgan fingerprint density at radius 1 is 0.731 bits per heavy atom. The van der Waals surface area contributed by atoms with Crippen molar-refractivity contribution in [1.29, 1.82) is 0 Å². The number of nitrogens with one attached hydrogen (secondary N) is 1. The summed E-state index contributed by atoms with van der Waals surface area (Å²) in [5.41, 5.74) is 1.29. The first-order chi connectivity index (χ1) is 12.6. The summed E-state index contributed by atoms with van der Waals surface area (Å²) < 4.78 is 29.8. The fourth-order valence-electron chi connectivity index (χ4n) is 2.56. The van der Waals surface area contributed by atoms with Gasteiger partial charge in [-0.2, -0.15) is 0 Å². The largest absolute Gasteiger partial charge is 0.372 e. The predicted molar refractivity (Wildman–Crippen MR) is 98.3 cm³/mol. The maximum atomic E-state index is 12.7. The number of nitrogens with zero attached hydrogens (tertiary/aromatic N) is 3. The molecular formula is C19H15N4O2S+. The summed E-state index contributed by atoms with van der Waals surface area (Å²) >= 11 is 0. The number of benzene rings is 2. The predicted octanol–water partition coefficient (Wildman–Crippen LogP) is 2.71. The minimum absolute atomic E-state index is 0.166. The molecule has 2 aromatic heterocycles. The van der Waals surface area contributed by atoms with Gasteiger partial charge in [-0.1, -0.05) is 36.4 Å². The van der Waals surface area contributed by atoms with E-state index < -0.39 is 10.0 Å². The summed E-state index contributed by atoms with van der Waals surface area (Å²) in [5, 5.41) is 0. The van der Waals surface area contributed by atoms with Crippen LogP contribution in [0.25, 0.3) is 16.9 Å². The maximum absolute atomic E-state index is 12.7. The Bertz CT molecular complexity index is 1160. The molecule has 26 heavy (non-hydrogen) atoms. The van der Waals surface area contributed by atoms with E-state index in [0.29, 0.717) is 16.9 Å². The fraction of sp³-hybridized carbons (Fsp3) is 0. The second kappa shape index (κ2) is 6.53. The average molecular weight is 363 g/mol. The third-order valence-electron chi connectivity index (χ3n) is 3.80. The molecule has 0 saturated carbocycles. The lowest BCUT2D eigenvalue weighted by atomic mass is 10.3. The summed E-state index contributed by atoms with van der Waals surface area (Å²) in [7, 11) is -3.78. The zero-order chi connectivity index (χ0) is 18.0. The molecule has 6 nitrogen and oxygen atoms in total. The van der Waals surface area contributed by atoms with Gasteiger partial charge in [-0.3, -0.25) is 4.72 Å². The summed E-state index contributed by atoms with van der Waals surface area (Å²) in [6.45, 7) is 0. The lowest BCUT2D eigenvalue weighted by molar-refractivity contribution is -0.598. The zero-order valence-electron chi connectivity index (χ0n) is 13.6. The van der Waals surface area contributed by atoms with Gasteiger partial charge in [0.05, 0.1) is 17.3 Å². The van der Waals surface area contributed by atoms with Crippen LogP contribution in [-0.2, 0) is 10.0 Å². The van der Waals surface area contributed by atoms with Gasteiger partial charge in [-0.05, 0) is 41.4 Å². The van der Waals surface area contributed by atoms with Crippen LogP contribution < -0.4 is 9.29 Å². The van der Waals surface area contributed by atoms with Crippen LogP contribution in [0, 0.1) is 0 Å². The molecule has 0 unspecified atom stereocenters. The Labute approximate surface area is 150 Å². The van der Waals surface area contributed by atoms with Gasteiger partial charge < -0.3 is 0 Å². The van der Waals surface area contributed by atoms with Crippen molar-refractivity contribution in [2.24, 2.45) is 0 Å². The van der Waals surface area contributed by atoms with Gasteiger partial charge in [0.15, 0.2) is 0 Å². The Balaban J connectivity index is 1.88. The summed E-state index contributed by atoms with van der Waals surface area (Å²) in [4.78, 5) is 9.25. The van der Waals surface area contributed by atoms with Crippen LogP contribution in [0.2, 0.25) is 0 Å².